The molecule has 0 atom stereocenters. The Kier molecular flexibility index (Phi) is 4.73. The van der Waals surface area contributed by atoms with Crippen LogP contribution in [-0.4, -0.2) is 25.3 Å². The highest BCUT2D eigenvalue weighted by Gasteiger charge is 2.32. The molecule has 0 saturated heterocycles. The lowest BCUT2D eigenvalue weighted by molar-refractivity contribution is -0.138. The summed E-state index contributed by atoms with van der Waals surface area (Å²) >= 11 is 3.45. The van der Waals surface area contributed by atoms with Crippen LogP contribution in [0.4, 0.5) is 13.2 Å². The van der Waals surface area contributed by atoms with E-state index >= 15 is 0 Å². The van der Waals surface area contributed by atoms with E-state index in [1.807, 2.05) is 13.0 Å². The Morgan fingerprint density at radius 2 is 1.96 bits per heavy atom. The number of hydrogen-bond acceptors (Lipinski definition) is 4. The van der Waals surface area contributed by atoms with E-state index in [4.69, 9.17) is 0 Å². The third kappa shape index (κ3) is 3.23. The molecule has 0 N–H and O–H groups in total. The Morgan fingerprint density at radius 1 is 1.21 bits per heavy atom. The molecule has 3 aromatic rings. The number of hydrogen-bond donors (Lipinski definition) is 0. The number of imidazole rings is 1. The summed E-state index contributed by atoms with van der Waals surface area (Å²) in [6.07, 6.45) is -1.85. The van der Waals surface area contributed by atoms with Crippen LogP contribution in [0, 0.1) is 3.57 Å². The number of thioether (sulfide) groups is 1. The zero-order valence-corrected chi connectivity index (χ0v) is 15.7. The molecule has 0 fully saturated rings. The van der Waals surface area contributed by atoms with Crippen LogP contribution < -0.4 is 0 Å². The van der Waals surface area contributed by atoms with Crippen molar-refractivity contribution in [3.63, 3.8) is 0 Å². The van der Waals surface area contributed by atoms with Crippen LogP contribution in [-0.2, 0) is 13.2 Å². The average molecular weight is 464 g/mol. The van der Waals surface area contributed by atoms with E-state index in [9.17, 15) is 13.2 Å². The van der Waals surface area contributed by atoms with Crippen molar-refractivity contribution in [3.8, 4) is 11.5 Å². The average Bonchev–Trinajstić information content (AvgIpc) is 2.83. The fourth-order valence-electron chi connectivity index (χ4n) is 2.30. The first-order valence-electron chi connectivity index (χ1n) is 6.99. The largest absolute Gasteiger partial charge is 0.417 e. The summed E-state index contributed by atoms with van der Waals surface area (Å²) in [5.74, 6) is 1.14. The Labute approximate surface area is 154 Å². The maximum Gasteiger partial charge on any atom is 0.417 e. The van der Waals surface area contributed by atoms with Crippen molar-refractivity contribution in [3.05, 3.63) is 33.7 Å². The standard InChI is InChI=1S/C15H12F3IN4S/c1-3-24-11-4-8(15(16,17)18)6-20-12(11)14-22-10-5-9(19)7-21-13(10)23(14)2/h4-7H,3H2,1-2H3. The molecule has 3 rings (SSSR count). The summed E-state index contributed by atoms with van der Waals surface area (Å²) in [7, 11) is 1.78. The van der Waals surface area contributed by atoms with Crippen LogP contribution in [0.15, 0.2) is 29.4 Å². The van der Waals surface area contributed by atoms with Gasteiger partial charge < -0.3 is 4.57 Å². The van der Waals surface area contributed by atoms with Gasteiger partial charge in [-0.25, -0.2) is 9.97 Å². The van der Waals surface area contributed by atoms with E-state index in [0.717, 1.165) is 15.8 Å². The fourth-order valence-corrected chi connectivity index (χ4v) is 3.53. The highest BCUT2D eigenvalue weighted by molar-refractivity contribution is 14.1. The summed E-state index contributed by atoms with van der Waals surface area (Å²) in [5.41, 5.74) is 1.03. The summed E-state index contributed by atoms with van der Waals surface area (Å²) in [6.45, 7) is 1.88. The van der Waals surface area contributed by atoms with Gasteiger partial charge in [0.1, 0.15) is 11.2 Å². The third-order valence-electron chi connectivity index (χ3n) is 3.37. The van der Waals surface area contributed by atoms with Gasteiger partial charge in [0, 0.05) is 27.9 Å². The number of aryl methyl sites for hydroxylation is 1. The number of nitrogens with zero attached hydrogens (tertiary/aromatic N) is 4. The molecule has 3 aromatic heterocycles. The molecule has 0 aliphatic rings. The molecule has 0 radical (unpaired) electrons. The molecule has 0 aliphatic heterocycles. The molecule has 3 heterocycles. The number of halogens is 4. The molecule has 24 heavy (non-hydrogen) atoms. The SMILES string of the molecule is CCSc1cc(C(F)(F)F)cnc1-c1nc2cc(I)cnc2n1C. The number of alkyl halides is 3. The van der Waals surface area contributed by atoms with Gasteiger partial charge >= 0.3 is 6.18 Å². The molecule has 0 amide bonds. The van der Waals surface area contributed by atoms with Gasteiger partial charge in [-0.1, -0.05) is 6.92 Å². The maximum absolute atomic E-state index is 13.0. The van der Waals surface area contributed by atoms with Gasteiger partial charge in [0.25, 0.3) is 0 Å². The first-order chi connectivity index (χ1) is 11.3. The Hall–Kier alpha value is -1.36. The molecule has 0 unspecified atom stereocenters. The van der Waals surface area contributed by atoms with Gasteiger partial charge in [-0.3, -0.25) is 4.98 Å². The highest BCUT2D eigenvalue weighted by atomic mass is 127. The van der Waals surface area contributed by atoms with E-state index < -0.39 is 11.7 Å². The second kappa shape index (κ2) is 6.51. The number of pyridine rings is 2. The molecule has 126 valence electrons. The fraction of sp³-hybridized carbons (Fsp3) is 0.267. The zero-order valence-electron chi connectivity index (χ0n) is 12.7. The summed E-state index contributed by atoms with van der Waals surface area (Å²) in [5, 5.41) is 0. The topological polar surface area (TPSA) is 43.6 Å². The lowest BCUT2D eigenvalue weighted by atomic mass is 10.2. The van der Waals surface area contributed by atoms with E-state index in [-0.39, 0.29) is 0 Å². The predicted octanol–water partition coefficient (Wildman–Crippen LogP) is 4.77. The van der Waals surface area contributed by atoms with Crippen molar-refractivity contribution >= 4 is 45.5 Å². The second-order valence-electron chi connectivity index (χ2n) is 4.99. The van der Waals surface area contributed by atoms with Crippen LogP contribution in [0.25, 0.3) is 22.7 Å². The van der Waals surface area contributed by atoms with Crippen molar-refractivity contribution < 1.29 is 13.2 Å². The van der Waals surface area contributed by atoms with Crippen molar-refractivity contribution in [2.75, 3.05) is 5.75 Å². The Bertz CT molecular complexity index is 908. The molecule has 4 nitrogen and oxygen atoms in total. The van der Waals surface area contributed by atoms with Crippen molar-refractivity contribution in [1.82, 2.24) is 19.5 Å². The first kappa shape index (κ1) is 17.5. The van der Waals surface area contributed by atoms with Gasteiger partial charge in [0.15, 0.2) is 11.5 Å². The molecule has 0 bridgehead atoms. The number of rotatable bonds is 3. The monoisotopic (exact) mass is 464 g/mol. The number of fused-ring (bicyclic) bond motifs is 1. The van der Waals surface area contributed by atoms with Gasteiger partial charge in [-0.15, -0.1) is 11.8 Å². The molecule has 0 spiro atoms. The minimum Gasteiger partial charge on any atom is -0.310 e. The van der Waals surface area contributed by atoms with E-state index in [2.05, 4.69) is 37.5 Å². The van der Waals surface area contributed by atoms with Crippen LogP contribution >= 0.6 is 34.4 Å². The van der Waals surface area contributed by atoms with Crippen LogP contribution in [0.3, 0.4) is 0 Å². The lowest BCUT2D eigenvalue weighted by Gasteiger charge is -2.11. The normalized spacial score (nSPS) is 12.1. The minimum absolute atomic E-state index is 0.436. The molecule has 9 heteroatoms. The van der Waals surface area contributed by atoms with Gasteiger partial charge in [-0.2, -0.15) is 13.2 Å². The van der Waals surface area contributed by atoms with E-state index in [1.54, 1.807) is 17.8 Å². The Balaban J connectivity index is 2.20. The highest BCUT2D eigenvalue weighted by Crippen LogP contribution is 2.36. The first-order valence-corrected chi connectivity index (χ1v) is 9.06. The van der Waals surface area contributed by atoms with E-state index in [0.29, 0.717) is 33.3 Å². The predicted molar refractivity (Wildman–Crippen MR) is 95.9 cm³/mol. The molecular weight excluding hydrogens is 452 g/mol. The molecule has 0 saturated carbocycles. The van der Waals surface area contributed by atoms with E-state index in [1.165, 1.54) is 11.8 Å². The van der Waals surface area contributed by atoms with Crippen molar-refractivity contribution in [2.24, 2.45) is 7.05 Å². The summed E-state index contributed by atoms with van der Waals surface area (Å²) in [4.78, 5) is 13.4. The molecule has 0 aliphatic carbocycles. The zero-order chi connectivity index (χ0) is 17.5. The van der Waals surface area contributed by atoms with Crippen molar-refractivity contribution in [1.29, 1.82) is 0 Å². The van der Waals surface area contributed by atoms with Gasteiger partial charge in [-0.05, 0) is 40.5 Å². The maximum atomic E-state index is 13.0. The summed E-state index contributed by atoms with van der Waals surface area (Å²) in [6, 6.07) is 3.01. The smallest absolute Gasteiger partial charge is 0.310 e. The third-order valence-corrected chi connectivity index (χ3v) is 4.87. The quantitative estimate of drug-likeness (QED) is 0.414. The summed E-state index contributed by atoms with van der Waals surface area (Å²) < 4.78 is 41.5. The lowest BCUT2D eigenvalue weighted by Crippen LogP contribution is -2.07. The minimum atomic E-state index is -4.42. The molecular formula is C15H12F3IN4S. The van der Waals surface area contributed by atoms with Gasteiger partial charge in [0.05, 0.1) is 5.56 Å². The van der Waals surface area contributed by atoms with Crippen LogP contribution in [0.2, 0.25) is 0 Å². The van der Waals surface area contributed by atoms with Crippen molar-refractivity contribution in [2.45, 2.75) is 18.0 Å². The van der Waals surface area contributed by atoms with Crippen LogP contribution in [0.1, 0.15) is 12.5 Å². The number of aromatic nitrogens is 4. The second-order valence-corrected chi connectivity index (χ2v) is 7.54. The molecule has 0 aromatic carbocycles. The van der Waals surface area contributed by atoms with Gasteiger partial charge in [0.2, 0.25) is 0 Å². The Morgan fingerprint density at radius 3 is 2.62 bits per heavy atom. The van der Waals surface area contributed by atoms with Crippen LogP contribution in [0.5, 0.6) is 0 Å².